The summed E-state index contributed by atoms with van der Waals surface area (Å²) in [4.78, 5) is 48.3. The van der Waals surface area contributed by atoms with E-state index in [0.29, 0.717) is 5.69 Å². The van der Waals surface area contributed by atoms with Crippen LogP contribution in [0, 0.1) is 15.5 Å². The van der Waals surface area contributed by atoms with Gasteiger partial charge < -0.3 is 19.5 Å². The summed E-state index contributed by atoms with van der Waals surface area (Å²) >= 11 is 0. The highest BCUT2D eigenvalue weighted by Crippen LogP contribution is 2.35. The minimum atomic E-state index is -1.22. The predicted octanol–water partition coefficient (Wildman–Crippen LogP) is 4.41. The van der Waals surface area contributed by atoms with Gasteiger partial charge in [0.2, 0.25) is 11.7 Å². The molecule has 1 unspecified atom stereocenters. The summed E-state index contributed by atoms with van der Waals surface area (Å²) in [5, 5.41) is 14.2. The van der Waals surface area contributed by atoms with Gasteiger partial charge in [0.1, 0.15) is 5.56 Å². The molecule has 10 heteroatoms. The predicted molar refractivity (Wildman–Crippen MR) is 125 cm³/mol. The van der Waals surface area contributed by atoms with Gasteiger partial charge in [-0.3, -0.25) is 19.7 Å². The summed E-state index contributed by atoms with van der Waals surface area (Å²) < 4.78 is 15.7. The van der Waals surface area contributed by atoms with Crippen molar-refractivity contribution in [2.45, 2.75) is 40.7 Å². The number of Topliss-reactive ketones (excluding diaryl/α,β-unsaturated/α-hetero) is 1. The van der Waals surface area contributed by atoms with Gasteiger partial charge in [-0.25, -0.2) is 4.79 Å². The Balaban J connectivity index is 2.20. The lowest BCUT2D eigenvalue weighted by Gasteiger charge is -2.18. The van der Waals surface area contributed by atoms with E-state index in [1.807, 2.05) is 0 Å². The van der Waals surface area contributed by atoms with Crippen molar-refractivity contribution in [2.24, 2.45) is 5.41 Å². The number of esters is 1. The summed E-state index contributed by atoms with van der Waals surface area (Å²) in [6.45, 7) is 8.64. The van der Waals surface area contributed by atoms with Gasteiger partial charge in [0.25, 0.3) is 5.69 Å². The van der Waals surface area contributed by atoms with Crippen molar-refractivity contribution in [1.82, 2.24) is 0 Å². The Labute approximate surface area is 197 Å². The van der Waals surface area contributed by atoms with Crippen molar-refractivity contribution < 1.29 is 33.5 Å². The minimum Gasteiger partial charge on any atom is -0.493 e. The van der Waals surface area contributed by atoms with Crippen molar-refractivity contribution in [1.29, 1.82) is 0 Å². The first kappa shape index (κ1) is 26.3. The number of carbonyl (C=O) groups excluding carboxylic acids is 3. The lowest BCUT2D eigenvalue weighted by Crippen LogP contribution is -2.27. The van der Waals surface area contributed by atoms with Gasteiger partial charge in [-0.1, -0.05) is 20.8 Å². The zero-order chi connectivity index (χ0) is 25.6. The first-order valence-electron chi connectivity index (χ1n) is 10.5. The summed E-state index contributed by atoms with van der Waals surface area (Å²) in [7, 11) is 1.33. The van der Waals surface area contributed by atoms with Crippen LogP contribution in [0.15, 0.2) is 36.4 Å². The zero-order valence-corrected chi connectivity index (χ0v) is 20.0. The fraction of sp³-hybridized carbons (Fsp3) is 0.375. The SMILES string of the molecule is CCOc1cc([N+](=O)[O-])c(C(=O)OC(C)C(=O)c2ccc(NC(=O)C(C)(C)C)cc2)cc1OC. The molecule has 1 atom stereocenters. The van der Waals surface area contributed by atoms with Crippen LogP contribution in [0.3, 0.4) is 0 Å². The van der Waals surface area contributed by atoms with E-state index in [1.54, 1.807) is 39.8 Å². The fourth-order valence-electron chi connectivity index (χ4n) is 2.84. The Morgan fingerprint density at radius 2 is 1.71 bits per heavy atom. The number of carbonyl (C=O) groups is 3. The second kappa shape index (κ2) is 10.8. The molecule has 0 saturated heterocycles. The molecule has 10 nitrogen and oxygen atoms in total. The first-order valence-corrected chi connectivity index (χ1v) is 10.5. The molecule has 1 N–H and O–H groups in total. The van der Waals surface area contributed by atoms with Gasteiger partial charge in [0.15, 0.2) is 17.6 Å². The molecule has 0 spiro atoms. The van der Waals surface area contributed by atoms with Crippen molar-refractivity contribution in [3.63, 3.8) is 0 Å². The second-order valence-electron chi connectivity index (χ2n) is 8.40. The number of nitro groups is 1. The number of nitrogens with one attached hydrogen (secondary N) is 1. The molecule has 182 valence electrons. The number of anilines is 1. The maximum Gasteiger partial charge on any atom is 0.346 e. The molecule has 0 aliphatic rings. The number of benzene rings is 2. The number of rotatable bonds is 9. The van der Waals surface area contributed by atoms with Crippen LogP contribution < -0.4 is 14.8 Å². The lowest BCUT2D eigenvalue weighted by molar-refractivity contribution is -0.385. The normalized spacial score (nSPS) is 11.8. The Morgan fingerprint density at radius 1 is 1.09 bits per heavy atom. The third-order valence-electron chi connectivity index (χ3n) is 4.76. The van der Waals surface area contributed by atoms with Crippen LogP contribution in [0.1, 0.15) is 55.3 Å². The molecule has 1 amide bonds. The van der Waals surface area contributed by atoms with Crippen molar-refractivity contribution in [3.05, 3.63) is 57.6 Å². The molecular weight excluding hydrogens is 444 g/mol. The van der Waals surface area contributed by atoms with Gasteiger partial charge in [0.05, 0.1) is 24.7 Å². The average Bonchev–Trinajstić information content (AvgIpc) is 2.78. The summed E-state index contributed by atoms with van der Waals surface area (Å²) in [5.41, 5.74) is -0.729. The molecule has 2 aromatic rings. The molecule has 0 saturated carbocycles. The average molecular weight is 472 g/mol. The van der Waals surface area contributed by atoms with Crippen LogP contribution in [0.5, 0.6) is 11.5 Å². The van der Waals surface area contributed by atoms with E-state index in [-0.39, 0.29) is 35.1 Å². The van der Waals surface area contributed by atoms with E-state index in [1.165, 1.54) is 26.2 Å². The van der Waals surface area contributed by atoms with E-state index in [0.717, 1.165) is 12.1 Å². The first-order chi connectivity index (χ1) is 15.9. The molecule has 2 aromatic carbocycles. The monoisotopic (exact) mass is 472 g/mol. The summed E-state index contributed by atoms with van der Waals surface area (Å²) in [5.74, 6) is -1.52. The number of nitro benzene ring substituents is 1. The number of amides is 1. The standard InChI is InChI=1S/C24H28N2O8/c1-7-33-20-13-18(26(30)31)17(12-19(20)32-6)22(28)34-14(2)21(27)15-8-10-16(11-9-15)25-23(29)24(3,4)5/h8-14H,7H2,1-6H3,(H,25,29). The number of nitrogens with zero attached hydrogens (tertiary/aromatic N) is 1. The van der Waals surface area contributed by atoms with E-state index in [9.17, 15) is 24.5 Å². The molecule has 0 bridgehead atoms. The quantitative estimate of drug-likeness (QED) is 0.245. The zero-order valence-electron chi connectivity index (χ0n) is 20.0. The Hall–Kier alpha value is -3.95. The number of ketones is 1. The van der Waals surface area contributed by atoms with Gasteiger partial charge in [-0.15, -0.1) is 0 Å². The van der Waals surface area contributed by atoms with Gasteiger partial charge in [-0.2, -0.15) is 0 Å². The molecular formula is C24H28N2O8. The third kappa shape index (κ3) is 6.31. The van der Waals surface area contributed by atoms with E-state index < -0.39 is 33.9 Å². The maximum absolute atomic E-state index is 12.7. The van der Waals surface area contributed by atoms with E-state index in [4.69, 9.17) is 14.2 Å². The maximum atomic E-state index is 12.7. The highest BCUT2D eigenvalue weighted by atomic mass is 16.6. The Kier molecular flexibility index (Phi) is 8.34. The summed E-state index contributed by atoms with van der Waals surface area (Å²) in [6, 6.07) is 8.34. The van der Waals surface area contributed by atoms with Crippen molar-refractivity contribution in [2.75, 3.05) is 19.0 Å². The minimum absolute atomic E-state index is 0.107. The van der Waals surface area contributed by atoms with Gasteiger partial charge in [0, 0.05) is 22.7 Å². The summed E-state index contributed by atoms with van der Waals surface area (Å²) in [6.07, 6.45) is -1.22. The molecule has 0 aliphatic heterocycles. The Morgan fingerprint density at radius 3 is 2.21 bits per heavy atom. The molecule has 0 heterocycles. The molecule has 0 radical (unpaired) electrons. The number of methoxy groups -OCH3 is 1. The fourth-order valence-corrected chi connectivity index (χ4v) is 2.84. The van der Waals surface area contributed by atoms with Crippen molar-refractivity contribution in [3.8, 4) is 11.5 Å². The number of hydrogen-bond donors (Lipinski definition) is 1. The molecule has 0 aliphatic carbocycles. The van der Waals surface area contributed by atoms with E-state index in [2.05, 4.69) is 5.32 Å². The van der Waals surface area contributed by atoms with Crippen LogP contribution >= 0.6 is 0 Å². The molecule has 0 fully saturated rings. The topological polar surface area (TPSA) is 134 Å². The lowest BCUT2D eigenvalue weighted by atomic mass is 9.95. The highest BCUT2D eigenvalue weighted by Gasteiger charge is 2.29. The smallest absolute Gasteiger partial charge is 0.346 e. The number of ether oxygens (including phenoxy) is 3. The van der Waals surface area contributed by atoms with Crippen LogP contribution in [-0.4, -0.2) is 42.4 Å². The van der Waals surface area contributed by atoms with Crippen LogP contribution in [0.25, 0.3) is 0 Å². The van der Waals surface area contributed by atoms with Crippen LogP contribution in [0.4, 0.5) is 11.4 Å². The number of hydrogen-bond acceptors (Lipinski definition) is 8. The highest BCUT2D eigenvalue weighted by molar-refractivity contribution is 6.03. The largest absolute Gasteiger partial charge is 0.493 e. The van der Waals surface area contributed by atoms with Crippen LogP contribution in [-0.2, 0) is 9.53 Å². The molecule has 34 heavy (non-hydrogen) atoms. The van der Waals surface area contributed by atoms with Gasteiger partial charge in [-0.05, 0) is 38.1 Å². The van der Waals surface area contributed by atoms with Crippen LogP contribution in [0.2, 0.25) is 0 Å². The van der Waals surface area contributed by atoms with Gasteiger partial charge >= 0.3 is 5.97 Å². The third-order valence-corrected chi connectivity index (χ3v) is 4.76. The van der Waals surface area contributed by atoms with E-state index >= 15 is 0 Å². The molecule has 2 rings (SSSR count). The Bertz CT molecular complexity index is 1090. The second-order valence-corrected chi connectivity index (χ2v) is 8.40. The molecule has 0 aromatic heterocycles. The van der Waals surface area contributed by atoms with Crippen molar-refractivity contribution >= 4 is 29.0 Å².